The van der Waals surface area contributed by atoms with Gasteiger partial charge in [0.15, 0.2) is 0 Å². The van der Waals surface area contributed by atoms with Crippen LogP contribution < -0.4 is 10.1 Å². The van der Waals surface area contributed by atoms with Gasteiger partial charge in [-0.25, -0.2) is 8.42 Å². The van der Waals surface area contributed by atoms with Crippen LogP contribution >= 0.6 is 11.6 Å². The zero-order valence-corrected chi connectivity index (χ0v) is 14.4. The molecule has 0 bridgehead atoms. The van der Waals surface area contributed by atoms with Crippen molar-refractivity contribution in [2.75, 3.05) is 25.2 Å². The van der Waals surface area contributed by atoms with Gasteiger partial charge in [0.1, 0.15) is 15.6 Å². The van der Waals surface area contributed by atoms with Crippen molar-refractivity contribution in [1.82, 2.24) is 5.32 Å². The van der Waals surface area contributed by atoms with Crippen molar-refractivity contribution in [2.24, 2.45) is 0 Å². The maximum absolute atomic E-state index is 11.6. The van der Waals surface area contributed by atoms with Crippen molar-refractivity contribution < 1.29 is 13.2 Å². The molecule has 0 fully saturated rings. The summed E-state index contributed by atoms with van der Waals surface area (Å²) < 4.78 is 28.6. The van der Waals surface area contributed by atoms with Crippen molar-refractivity contribution >= 4 is 21.4 Å². The lowest BCUT2D eigenvalue weighted by Crippen LogP contribution is -2.22. The molecule has 1 N–H and O–H groups in total. The molecule has 1 unspecified atom stereocenters. The molecule has 1 aromatic rings. The van der Waals surface area contributed by atoms with Crippen molar-refractivity contribution in [3.05, 3.63) is 28.8 Å². The standard InChI is InChI=1S/C15H24ClNO3S/c1-4-17-14(7-6-10-21(18,19)5-2)13-11-12(16)8-9-15(13)20-3/h8-9,11,14,17H,4-7,10H2,1-3H3. The maximum atomic E-state index is 11.6. The molecule has 0 heterocycles. The number of benzene rings is 1. The van der Waals surface area contributed by atoms with E-state index in [2.05, 4.69) is 5.32 Å². The van der Waals surface area contributed by atoms with Gasteiger partial charge in [0.05, 0.1) is 12.9 Å². The van der Waals surface area contributed by atoms with Gasteiger partial charge in [0.25, 0.3) is 0 Å². The van der Waals surface area contributed by atoms with Crippen LogP contribution in [-0.4, -0.2) is 33.6 Å². The lowest BCUT2D eigenvalue weighted by molar-refractivity contribution is 0.395. The van der Waals surface area contributed by atoms with E-state index in [1.54, 1.807) is 20.1 Å². The molecular weight excluding hydrogens is 310 g/mol. The van der Waals surface area contributed by atoms with Crippen LogP contribution in [0, 0.1) is 0 Å². The van der Waals surface area contributed by atoms with E-state index in [1.165, 1.54) is 0 Å². The molecule has 0 aromatic heterocycles. The molecule has 0 aliphatic rings. The second-order valence-corrected chi connectivity index (χ2v) is 7.78. The van der Waals surface area contributed by atoms with Crippen molar-refractivity contribution in [1.29, 1.82) is 0 Å². The second kappa shape index (κ2) is 8.61. The monoisotopic (exact) mass is 333 g/mol. The summed E-state index contributed by atoms with van der Waals surface area (Å²) in [6.45, 7) is 4.49. The molecule has 0 amide bonds. The number of hydrogen-bond acceptors (Lipinski definition) is 4. The highest BCUT2D eigenvalue weighted by Gasteiger charge is 2.17. The van der Waals surface area contributed by atoms with Gasteiger partial charge in [0.2, 0.25) is 0 Å². The fourth-order valence-electron chi connectivity index (χ4n) is 2.24. The van der Waals surface area contributed by atoms with E-state index in [0.717, 1.165) is 24.3 Å². The largest absolute Gasteiger partial charge is 0.496 e. The Labute approximate surface area is 132 Å². The molecule has 0 saturated carbocycles. The molecule has 21 heavy (non-hydrogen) atoms. The molecule has 0 radical (unpaired) electrons. The Morgan fingerprint density at radius 2 is 2.05 bits per heavy atom. The summed E-state index contributed by atoms with van der Waals surface area (Å²) in [5.41, 5.74) is 0.973. The predicted molar refractivity (Wildman–Crippen MR) is 88.0 cm³/mol. The lowest BCUT2D eigenvalue weighted by atomic mass is 10.0. The van der Waals surface area contributed by atoms with Crippen LogP contribution in [0.5, 0.6) is 5.75 Å². The Kier molecular flexibility index (Phi) is 7.49. The van der Waals surface area contributed by atoms with Gasteiger partial charge in [-0.2, -0.15) is 0 Å². The number of halogens is 1. The van der Waals surface area contributed by atoms with Gasteiger partial charge in [-0.15, -0.1) is 0 Å². The molecular formula is C15H24ClNO3S. The summed E-state index contributed by atoms with van der Waals surface area (Å²) in [5.74, 6) is 1.18. The SMILES string of the molecule is CCNC(CCCS(=O)(=O)CC)c1cc(Cl)ccc1OC. The normalized spacial score (nSPS) is 13.1. The fourth-order valence-corrected chi connectivity index (χ4v) is 3.32. The Hall–Kier alpha value is -0.780. The molecule has 1 aromatic carbocycles. The minimum Gasteiger partial charge on any atom is -0.496 e. The first kappa shape index (κ1) is 18.3. The van der Waals surface area contributed by atoms with Crippen LogP contribution in [0.25, 0.3) is 0 Å². The third-order valence-electron chi connectivity index (χ3n) is 3.41. The van der Waals surface area contributed by atoms with E-state index in [4.69, 9.17) is 16.3 Å². The van der Waals surface area contributed by atoms with E-state index in [1.807, 2.05) is 19.1 Å². The summed E-state index contributed by atoms with van der Waals surface area (Å²) in [6.07, 6.45) is 1.34. The van der Waals surface area contributed by atoms with E-state index in [0.29, 0.717) is 11.4 Å². The van der Waals surface area contributed by atoms with Crippen LogP contribution in [-0.2, 0) is 9.84 Å². The first-order chi connectivity index (χ1) is 9.93. The number of ether oxygens (including phenoxy) is 1. The summed E-state index contributed by atoms with van der Waals surface area (Å²) in [7, 11) is -1.30. The predicted octanol–water partition coefficient (Wildman–Crippen LogP) is 3.21. The summed E-state index contributed by atoms with van der Waals surface area (Å²) in [4.78, 5) is 0. The van der Waals surface area contributed by atoms with Gasteiger partial charge in [-0.05, 0) is 37.6 Å². The first-order valence-electron chi connectivity index (χ1n) is 7.20. The quantitative estimate of drug-likeness (QED) is 0.754. The van der Waals surface area contributed by atoms with Crippen molar-refractivity contribution in [3.63, 3.8) is 0 Å². The number of rotatable bonds is 9. The number of sulfone groups is 1. The highest BCUT2D eigenvalue weighted by Crippen LogP contribution is 2.30. The number of hydrogen-bond donors (Lipinski definition) is 1. The van der Waals surface area contributed by atoms with Gasteiger partial charge in [-0.3, -0.25) is 0 Å². The lowest BCUT2D eigenvalue weighted by Gasteiger charge is -2.21. The average molecular weight is 334 g/mol. The molecule has 6 heteroatoms. The third kappa shape index (κ3) is 5.85. The molecule has 0 saturated heterocycles. The molecule has 120 valence electrons. The van der Waals surface area contributed by atoms with Crippen LogP contribution in [0.15, 0.2) is 18.2 Å². The topological polar surface area (TPSA) is 55.4 Å². The van der Waals surface area contributed by atoms with Crippen LogP contribution in [0.1, 0.15) is 38.3 Å². The average Bonchev–Trinajstić information content (AvgIpc) is 2.46. The molecule has 1 rings (SSSR count). The fraction of sp³-hybridized carbons (Fsp3) is 0.600. The number of methoxy groups -OCH3 is 1. The van der Waals surface area contributed by atoms with Gasteiger partial charge in [0, 0.05) is 22.4 Å². The van der Waals surface area contributed by atoms with Crippen molar-refractivity contribution in [2.45, 2.75) is 32.7 Å². The molecule has 0 aliphatic heterocycles. The highest BCUT2D eigenvalue weighted by atomic mass is 35.5. The maximum Gasteiger partial charge on any atom is 0.150 e. The molecule has 1 atom stereocenters. The van der Waals surface area contributed by atoms with Crippen molar-refractivity contribution in [3.8, 4) is 5.75 Å². The summed E-state index contributed by atoms with van der Waals surface area (Å²) in [5, 5.41) is 4.02. The number of nitrogens with one attached hydrogen (secondary N) is 1. The second-order valence-electron chi connectivity index (χ2n) is 4.88. The van der Waals surface area contributed by atoms with Gasteiger partial charge in [-0.1, -0.05) is 25.4 Å². The first-order valence-corrected chi connectivity index (χ1v) is 9.40. The summed E-state index contributed by atoms with van der Waals surface area (Å²) >= 11 is 6.07. The highest BCUT2D eigenvalue weighted by molar-refractivity contribution is 7.91. The minimum absolute atomic E-state index is 0.0377. The Morgan fingerprint density at radius 3 is 2.62 bits per heavy atom. The summed E-state index contributed by atoms with van der Waals surface area (Å²) in [6, 6.07) is 5.54. The smallest absolute Gasteiger partial charge is 0.150 e. The van der Waals surface area contributed by atoms with Crippen LogP contribution in [0.2, 0.25) is 5.02 Å². The van der Waals surface area contributed by atoms with E-state index >= 15 is 0 Å². The third-order valence-corrected chi connectivity index (χ3v) is 5.43. The molecule has 4 nitrogen and oxygen atoms in total. The van der Waals surface area contributed by atoms with E-state index < -0.39 is 9.84 Å². The van der Waals surface area contributed by atoms with E-state index in [9.17, 15) is 8.42 Å². The Balaban J connectivity index is 2.84. The van der Waals surface area contributed by atoms with Gasteiger partial charge >= 0.3 is 0 Å². The Bertz CT molecular complexity index is 546. The van der Waals surface area contributed by atoms with Crippen LogP contribution in [0.3, 0.4) is 0 Å². The van der Waals surface area contributed by atoms with E-state index in [-0.39, 0.29) is 17.5 Å². The Morgan fingerprint density at radius 1 is 1.33 bits per heavy atom. The van der Waals surface area contributed by atoms with Gasteiger partial charge < -0.3 is 10.1 Å². The zero-order valence-electron chi connectivity index (χ0n) is 12.9. The minimum atomic E-state index is -2.92. The van der Waals surface area contributed by atoms with Crippen LogP contribution in [0.4, 0.5) is 0 Å². The molecule has 0 aliphatic carbocycles. The molecule has 0 spiro atoms. The zero-order chi connectivity index (χ0) is 15.9.